The number of benzene rings is 1. The Labute approximate surface area is 163 Å². The Hall–Kier alpha value is -1.85. The zero-order chi connectivity index (χ0) is 18.5. The fourth-order valence-corrected chi connectivity index (χ4v) is 3.46. The highest BCUT2D eigenvalue weighted by atomic mass is 35.5. The number of anilines is 1. The summed E-state index contributed by atoms with van der Waals surface area (Å²) in [6, 6.07) is 11.4. The Bertz CT molecular complexity index is 728. The summed E-state index contributed by atoms with van der Waals surface area (Å²) in [5.41, 5.74) is 1.17. The molecule has 1 aromatic heterocycles. The van der Waals surface area contributed by atoms with Gasteiger partial charge in [-0.15, -0.1) is 10.2 Å². The predicted molar refractivity (Wildman–Crippen MR) is 105 cm³/mol. The van der Waals surface area contributed by atoms with Gasteiger partial charge in [0.05, 0.1) is 0 Å². The number of nitrogens with one attached hydrogen (secondary N) is 1. The number of nitrogens with zero attached hydrogens (tertiary/aromatic N) is 3. The minimum absolute atomic E-state index is 0.0409. The van der Waals surface area contributed by atoms with Crippen LogP contribution >= 0.6 is 23.2 Å². The van der Waals surface area contributed by atoms with Gasteiger partial charge in [0.2, 0.25) is 5.91 Å². The predicted octanol–water partition coefficient (Wildman–Crippen LogP) is 3.75. The molecule has 1 amide bonds. The molecule has 0 saturated carbocycles. The number of piperidine rings is 1. The van der Waals surface area contributed by atoms with Crippen molar-refractivity contribution in [2.75, 3.05) is 18.0 Å². The largest absolute Gasteiger partial charge is 0.355 e. The Balaban J connectivity index is 1.47. The number of amides is 1. The normalized spacial score (nSPS) is 16.3. The number of carbonyl (C=O) groups is 1. The molecule has 1 fully saturated rings. The summed E-state index contributed by atoms with van der Waals surface area (Å²) in [5.74, 6) is 0.983. The van der Waals surface area contributed by atoms with Gasteiger partial charge < -0.3 is 10.2 Å². The maximum absolute atomic E-state index is 12.5. The third-order valence-corrected chi connectivity index (χ3v) is 5.11. The van der Waals surface area contributed by atoms with Gasteiger partial charge in [0.25, 0.3) is 0 Å². The molecule has 138 valence electrons. The molecule has 0 radical (unpaired) electrons. The van der Waals surface area contributed by atoms with E-state index >= 15 is 0 Å². The molecule has 1 aromatic carbocycles. The third-order valence-electron chi connectivity index (χ3n) is 4.65. The zero-order valence-electron chi connectivity index (χ0n) is 14.7. The van der Waals surface area contributed by atoms with E-state index in [9.17, 15) is 4.79 Å². The molecule has 7 heteroatoms. The van der Waals surface area contributed by atoms with Crippen LogP contribution in [0.25, 0.3) is 0 Å². The zero-order valence-corrected chi connectivity index (χ0v) is 16.2. The molecule has 3 rings (SSSR count). The Morgan fingerprint density at radius 2 is 1.85 bits per heavy atom. The van der Waals surface area contributed by atoms with Crippen molar-refractivity contribution in [2.45, 2.75) is 32.2 Å². The first kappa shape index (κ1) is 18.9. The molecular weight excluding hydrogens is 371 g/mol. The highest BCUT2D eigenvalue weighted by Gasteiger charge is 2.26. The molecule has 26 heavy (non-hydrogen) atoms. The van der Waals surface area contributed by atoms with Gasteiger partial charge in [-0.25, -0.2) is 0 Å². The van der Waals surface area contributed by atoms with Crippen LogP contribution in [0.5, 0.6) is 0 Å². The Morgan fingerprint density at radius 1 is 1.15 bits per heavy atom. The van der Waals surface area contributed by atoms with Gasteiger partial charge in [0.1, 0.15) is 0 Å². The molecule has 5 nitrogen and oxygen atoms in total. The fraction of sp³-hybridized carbons (Fsp3) is 0.421. The molecule has 2 aromatic rings. The number of hydrogen-bond acceptors (Lipinski definition) is 4. The Morgan fingerprint density at radius 3 is 2.46 bits per heavy atom. The molecule has 1 saturated heterocycles. The van der Waals surface area contributed by atoms with Gasteiger partial charge in [-0.2, -0.15) is 0 Å². The average molecular weight is 393 g/mol. The molecular formula is C19H22Cl2N4O. The van der Waals surface area contributed by atoms with E-state index < -0.39 is 0 Å². The van der Waals surface area contributed by atoms with Crippen molar-refractivity contribution in [3.8, 4) is 0 Å². The number of carbonyl (C=O) groups excluding carboxylic acids is 1. The lowest BCUT2D eigenvalue weighted by atomic mass is 9.95. The van der Waals surface area contributed by atoms with E-state index in [1.54, 1.807) is 6.07 Å². The lowest BCUT2D eigenvalue weighted by Crippen LogP contribution is -2.43. The third kappa shape index (κ3) is 5.08. The van der Waals surface area contributed by atoms with E-state index in [2.05, 4.69) is 20.4 Å². The first-order chi connectivity index (χ1) is 12.5. The van der Waals surface area contributed by atoms with Crippen molar-refractivity contribution in [3.05, 3.63) is 52.1 Å². The van der Waals surface area contributed by atoms with E-state index in [1.165, 1.54) is 5.56 Å². The van der Waals surface area contributed by atoms with Crippen LogP contribution in [0.4, 0.5) is 5.82 Å². The lowest BCUT2D eigenvalue weighted by molar-refractivity contribution is -0.126. The van der Waals surface area contributed by atoms with Gasteiger partial charge in [0, 0.05) is 30.1 Å². The molecule has 1 aliphatic rings. The second-order valence-electron chi connectivity index (χ2n) is 6.72. The summed E-state index contributed by atoms with van der Waals surface area (Å²) in [7, 11) is 0. The van der Waals surface area contributed by atoms with Crippen LogP contribution in [0.3, 0.4) is 0 Å². The summed E-state index contributed by atoms with van der Waals surface area (Å²) in [6.45, 7) is 3.62. The summed E-state index contributed by atoms with van der Waals surface area (Å²) in [4.78, 5) is 14.7. The molecule has 2 heterocycles. The van der Waals surface area contributed by atoms with Crippen LogP contribution in [0.1, 0.15) is 25.3 Å². The average Bonchev–Trinajstić information content (AvgIpc) is 2.64. The topological polar surface area (TPSA) is 58.1 Å². The lowest BCUT2D eigenvalue weighted by Gasteiger charge is -2.32. The van der Waals surface area contributed by atoms with Gasteiger partial charge in [0.15, 0.2) is 11.0 Å². The maximum atomic E-state index is 12.5. The number of halogens is 2. The standard InChI is InChI=1S/C19H22Cl2N4O/c1-13(12-14-2-4-16(20)5-3-14)22-19(26)15-8-10-25(11-9-15)18-7-6-17(21)23-24-18/h2-7,13,15H,8-12H2,1H3,(H,22,26)/t13-/m1/s1. The first-order valence-electron chi connectivity index (χ1n) is 8.80. The highest BCUT2D eigenvalue weighted by molar-refractivity contribution is 6.30. The van der Waals surface area contributed by atoms with Gasteiger partial charge in [-0.05, 0) is 56.0 Å². The van der Waals surface area contributed by atoms with Crippen LogP contribution in [0, 0.1) is 5.92 Å². The fourth-order valence-electron chi connectivity index (χ4n) is 3.23. The second-order valence-corrected chi connectivity index (χ2v) is 7.54. The number of aromatic nitrogens is 2. The second kappa shape index (κ2) is 8.69. The minimum Gasteiger partial charge on any atom is -0.355 e. The van der Waals surface area contributed by atoms with E-state index in [1.807, 2.05) is 37.3 Å². The minimum atomic E-state index is 0.0409. The SMILES string of the molecule is C[C@H](Cc1ccc(Cl)cc1)NC(=O)C1CCN(c2ccc(Cl)nn2)CC1. The summed E-state index contributed by atoms with van der Waals surface area (Å²) in [5, 5.41) is 12.2. The maximum Gasteiger partial charge on any atom is 0.223 e. The molecule has 0 bridgehead atoms. The summed E-state index contributed by atoms with van der Waals surface area (Å²) in [6.07, 6.45) is 2.41. The van der Waals surface area contributed by atoms with Gasteiger partial charge >= 0.3 is 0 Å². The van der Waals surface area contributed by atoms with Crippen molar-refractivity contribution in [1.29, 1.82) is 0 Å². The molecule has 0 unspecified atom stereocenters. The van der Waals surface area contributed by atoms with Crippen molar-refractivity contribution in [2.24, 2.45) is 5.92 Å². The molecule has 1 N–H and O–H groups in total. The van der Waals surface area contributed by atoms with E-state index in [-0.39, 0.29) is 17.9 Å². The summed E-state index contributed by atoms with van der Waals surface area (Å²) >= 11 is 11.7. The van der Waals surface area contributed by atoms with Crippen LogP contribution in [0.2, 0.25) is 10.2 Å². The van der Waals surface area contributed by atoms with Crippen molar-refractivity contribution < 1.29 is 4.79 Å². The summed E-state index contributed by atoms with van der Waals surface area (Å²) < 4.78 is 0. The van der Waals surface area contributed by atoms with Crippen LogP contribution < -0.4 is 10.2 Å². The quantitative estimate of drug-likeness (QED) is 0.841. The van der Waals surface area contributed by atoms with Crippen LogP contribution in [-0.4, -0.2) is 35.2 Å². The Kier molecular flexibility index (Phi) is 6.33. The van der Waals surface area contributed by atoms with Crippen molar-refractivity contribution in [3.63, 3.8) is 0 Å². The molecule has 0 spiro atoms. The van der Waals surface area contributed by atoms with Gasteiger partial charge in [-0.3, -0.25) is 4.79 Å². The van der Waals surface area contributed by atoms with Crippen LogP contribution in [-0.2, 0) is 11.2 Å². The van der Waals surface area contributed by atoms with Crippen molar-refractivity contribution in [1.82, 2.24) is 15.5 Å². The van der Waals surface area contributed by atoms with Crippen LogP contribution in [0.15, 0.2) is 36.4 Å². The molecule has 1 aliphatic heterocycles. The highest BCUT2D eigenvalue weighted by Crippen LogP contribution is 2.22. The molecule has 1 atom stereocenters. The van der Waals surface area contributed by atoms with E-state index in [0.29, 0.717) is 5.15 Å². The van der Waals surface area contributed by atoms with Gasteiger partial charge in [-0.1, -0.05) is 35.3 Å². The van der Waals surface area contributed by atoms with E-state index in [0.717, 1.165) is 43.2 Å². The van der Waals surface area contributed by atoms with E-state index in [4.69, 9.17) is 23.2 Å². The molecule has 0 aliphatic carbocycles. The number of rotatable bonds is 5. The first-order valence-corrected chi connectivity index (χ1v) is 9.56. The smallest absolute Gasteiger partial charge is 0.223 e. The number of hydrogen-bond donors (Lipinski definition) is 1. The monoisotopic (exact) mass is 392 g/mol. The van der Waals surface area contributed by atoms with Crippen molar-refractivity contribution >= 4 is 34.9 Å².